The van der Waals surface area contributed by atoms with Gasteiger partial charge in [-0.25, -0.2) is 8.42 Å². The molecule has 0 heterocycles. The summed E-state index contributed by atoms with van der Waals surface area (Å²) >= 11 is 0. The molecule has 10 heteroatoms. The van der Waals surface area contributed by atoms with Crippen molar-refractivity contribution in [1.82, 2.24) is 4.72 Å². The number of benzene rings is 2. The Morgan fingerprint density at radius 1 is 0.893 bits per heavy atom. The van der Waals surface area contributed by atoms with E-state index in [1.165, 1.54) is 31.3 Å². The van der Waals surface area contributed by atoms with Crippen LogP contribution in [0, 0.1) is 13.8 Å². The molecule has 0 aromatic heterocycles. The van der Waals surface area contributed by atoms with E-state index in [0.29, 0.717) is 0 Å². The van der Waals surface area contributed by atoms with Gasteiger partial charge >= 0.3 is 0 Å². The molecule has 0 unspecified atom stereocenters. The van der Waals surface area contributed by atoms with E-state index < -0.39 is 20.0 Å². The van der Waals surface area contributed by atoms with Crippen molar-refractivity contribution in [3.05, 3.63) is 59.7 Å². The van der Waals surface area contributed by atoms with Gasteiger partial charge in [0.1, 0.15) is 11.7 Å². The van der Waals surface area contributed by atoms with Crippen molar-refractivity contribution in [3.8, 4) is 0 Å². The monoisotopic (exact) mass is 422 g/mol. The van der Waals surface area contributed by atoms with Gasteiger partial charge in [0.2, 0.25) is 0 Å². The van der Waals surface area contributed by atoms with E-state index in [9.17, 15) is 16.8 Å². The van der Waals surface area contributed by atoms with Crippen molar-refractivity contribution in [2.45, 2.75) is 30.1 Å². The summed E-state index contributed by atoms with van der Waals surface area (Å²) in [6.45, 7) is 3.67. The summed E-state index contributed by atoms with van der Waals surface area (Å²) < 4.78 is 55.4. The Bertz CT molecular complexity index is 1100. The van der Waals surface area contributed by atoms with Crippen LogP contribution in [-0.2, 0) is 20.0 Å². The van der Waals surface area contributed by atoms with Gasteiger partial charge in [0.15, 0.2) is 0 Å². The number of amidine groups is 2. The molecule has 2 rings (SSSR count). The molecule has 0 bridgehead atoms. The van der Waals surface area contributed by atoms with Gasteiger partial charge in [-0.15, -0.1) is 4.40 Å². The molecule has 0 aliphatic heterocycles. The largest absolute Gasteiger partial charge is 0.386 e. The summed E-state index contributed by atoms with van der Waals surface area (Å²) in [5, 5.41) is 0. The highest BCUT2D eigenvalue weighted by Gasteiger charge is 2.18. The number of nitrogens with one attached hydrogen (secondary N) is 1. The molecule has 0 amide bonds. The standard InChI is InChI=1S/C18H22N4O4S2/c1-13-4-8-15(9-5-13)27(23,24)21-17(19)12-18(20-3)22-28(25,26)16-10-6-14(2)7-11-16/h4-11H,12H2,1-3H3,(H2,19,21)(H,20,22). The zero-order valence-corrected chi connectivity index (χ0v) is 17.4. The number of aliphatic imine (C=N–C) groups is 1. The van der Waals surface area contributed by atoms with Crippen LogP contribution in [0.1, 0.15) is 17.5 Å². The third-order valence-electron chi connectivity index (χ3n) is 3.76. The number of sulfonamides is 2. The molecule has 2 aromatic rings. The fourth-order valence-corrected chi connectivity index (χ4v) is 4.26. The lowest BCUT2D eigenvalue weighted by molar-refractivity contribution is 0.592. The van der Waals surface area contributed by atoms with Crippen LogP contribution in [0.25, 0.3) is 0 Å². The van der Waals surface area contributed by atoms with Crippen LogP contribution < -0.4 is 10.5 Å². The second-order valence-corrected chi connectivity index (χ2v) is 9.42. The van der Waals surface area contributed by atoms with Crippen LogP contribution >= 0.6 is 0 Å². The first-order valence-electron chi connectivity index (χ1n) is 8.24. The van der Waals surface area contributed by atoms with Crippen LogP contribution in [0.15, 0.2) is 67.7 Å². The number of rotatable bonds is 6. The van der Waals surface area contributed by atoms with Gasteiger partial charge in [0.25, 0.3) is 20.0 Å². The molecular weight excluding hydrogens is 400 g/mol. The van der Waals surface area contributed by atoms with Gasteiger partial charge in [0, 0.05) is 7.05 Å². The lowest BCUT2D eigenvalue weighted by Gasteiger charge is -2.10. The van der Waals surface area contributed by atoms with Crippen LogP contribution in [0.3, 0.4) is 0 Å². The van der Waals surface area contributed by atoms with Crippen molar-refractivity contribution < 1.29 is 16.8 Å². The molecule has 0 fully saturated rings. The molecule has 0 radical (unpaired) electrons. The SMILES string of the molecule is CN=C(C/C(N)=N/S(=O)(=O)c1ccc(C)cc1)NS(=O)(=O)c1ccc(C)cc1. The van der Waals surface area contributed by atoms with E-state index in [1.54, 1.807) is 24.3 Å². The number of hydrogen-bond acceptors (Lipinski definition) is 5. The average molecular weight is 423 g/mol. The molecule has 0 saturated carbocycles. The summed E-state index contributed by atoms with van der Waals surface area (Å²) in [7, 11) is -6.51. The van der Waals surface area contributed by atoms with Gasteiger partial charge in [-0.2, -0.15) is 8.42 Å². The average Bonchev–Trinajstić information content (AvgIpc) is 2.61. The third-order valence-corrected chi connectivity index (χ3v) is 6.50. The molecule has 8 nitrogen and oxygen atoms in total. The number of nitrogens with two attached hydrogens (primary N) is 1. The first kappa shape index (κ1) is 21.6. The molecule has 0 aliphatic rings. The Morgan fingerprint density at radius 3 is 1.82 bits per heavy atom. The third kappa shape index (κ3) is 5.64. The molecule has 0 saturated heterocycles. The predicted molar refractivity (Wildman–Crippen MR) is 109 cm³/mol. The van der Waals surface area contributed by atoms with E-state index in [1.807, 2.05) is 13.8 Å². The van der Waals surface area contributed by atoms with E-state index in [0.717, 1.165) is 11.1 Å². The van der Waals surface area contributed by atoms with Crippen molar-refractivity contribution in [2.75, 3.05) is 7.05 Å². The second kappa shape index (κ2) is 8.53. The maximum atomic E-state index is 12.4. The molecule has 0 atom stereocenters. The molecule has 2 aromatic carbocycles. The summed E-state index contributed by atoms with van der Waals surface area (Å²) in [4.78, 5) is 3.90. The number of aryl methyl sites for hydroxylation is 2. The quantitative estimate of drug-likeness (QED) is 0.541. The lowest BCUT2D eigenvalue weighted by Crippen LogP contribution is -2.34. The Hall–Kier alpha value is -2.72. The van der Waals surface area contributed by atoms with Crippen LogP contribution in [0.4, 0.5) is 0 Å². The van der Waals surface area contributed by atoms with Crippen molar-refractivity contribution in [2.24, 2.45) is 15.1 Å². The van der Waals surface area contributed by atoms with E-state index in [4.69, 9.17) is 5.73 Å². The van der Waals surface area contributed by atoms with E-state index >= 15 is 0 Å². The number of hydrogen-bond donors (Lipinski definition) is 2. The molecule has 150 valence electrons. The van der Waals surface area contributed by atoms with Crippen molar-refractivity contribution in [1.29, 1.82) is 0 Å². The summed E-state index contributed by atoms with van der Waals surface area (Å²) in [5.74, 6) is -0.311. The van der Waals surface area contributed by atoms with Crippen molar-refractivity contribution >= 4 is 31.7 Å². The van der Waals surface area contributed by atoms with Gasteiger partial charge < -0.3 is 5.73 Å². The zero-order valence-electron chi connectivity index (χ0n) is 15.7. The molecule has 0 spiro atoms. The summed E-state index contributed by atoms with van der Waals surface area (Å²) in [6, 6.07) is 12.4. The zero-order chi connectivity index (χ0) is 20.9. The molecule has 3 N–H and O–H groups in total. The highest BCUT2D eigenvalue weighted by atomic mass is 32.2. The smallest absolute Gasteiger partial charge is 0.283 e. The fourth-order valence-electron chi connectivity index (χ4n) is 2.21. The molecular formula is C18H22N4O4S2. The second-order valence-electron chi connectivity index (χ2n) is 6.14. The topological polar surface area (TPSA) is 131 Å². The van der Waals surface area contributed by atoms with Crippen LogP contribution in [-0.4, -0.2) is 35.6 Å². The predicted octanol–water partition coefficient (Wildman–Crippen LogP) is 1.75. The van der Waals surface area contributed by atoms with Gasteiger partial charge in [-0.1, -0.05) is 35.4 Å². The number of nitrogens with zero attached hydrogens (tertiary/aromatic N) is 2. The van der Waals surface area contributed by atoms with Crippen LogP contribution in [0.5, 0.6) is 0 Å². The Balaban J connectivity index is 2.18. The lowest BCUT2D eigenvalue weighted by atomic mass is 10.2. The molecule has 0 aliphatic carbocycles. The minimum absolute atomic E-state index is 0.00345. The van der Waals surface area contributed by atoms with Gasteiger partial charge in [-0.05, 0) is 38.1 Å². The Morgan fingerprint density at radius 2 is 1.36 bits per heavy atom. The molecule has 28 heavy (non-hydrogen) atoms. The van der Waals surface area contributed by atoms with E-state index in [2.05, 4.69) is 14.1 Å². The Kier molecular flexibility index (Phi) is 6.57. The van der Waals surface area contributed by atoms with Gasteiger partial charge in [-0.3, -0.25) is 9.71 Å². The first-order valence-corrected chi connectivity index (χ1v) is 11.2. The highest BCUT2D eigenvalue weighted by molar-refractivity contribution is 7.90. The summed E-state index contributed by atoms with van der Waals surface area (Å²) in [6.07, 6.45) is -0.271. The highest BCUT2D eigenvalue weighted by Crippen LogP contribution is 2.14. The maximum Gasteiger partial charge on any atom is 0.283 e. The minimum atomic E-state index is -4.00. The normalized spacial score (nSPS) is 13.4. The fraction of sp³-hybridized carbons (Fsp3) is 0.222. The summed E-state index contributed by atoms with van der Waals surface area (Å²) in [5.41, 5.74) is 7.56. The minimum Gasteiger partial charge on any atom is -0.386 e. The Labute approximate surface area is 165 Å². The van der Waals surface area contributed by atoms with Gasteiger partial charge in [0.05, 0.1) is 16.2 Å². The maximum absolute atomic E-state index is 12.4. The van der Waals surface area contributed by atoms with Crippen molar-refractivity contribution in [3.63, 3.8) is 0 Å². The van der Waals surface area contributed by atoms with E-state index in [-0.39, 0.29) is 27.9 Å². The first-order chi connectivity index (χ1) is 13.0. The van der Waals surface area contributed by atoms with Crippen LogP contribution in [0.2, 0.25) is 0 Å².